The lowest BCUT2D eigenvalue weighted by molar-refractivity contribution is 0.0737. The van der Waals surface area contributed by atoms with Crippen LogP contribution in [0, 0.1) is 0 Å². The number of methoxy groups -OCH3 is 2. The molecule has 0 atom stereocenters. The maximum absolute atomic E-state index is 13.4. The van der Waals surface area contributed by atoms with Crippen molar-refractivity contribution in [1.29, 1.82) is 0 Å². The Hall–Kier alpha value is -2.93. The smallest absolute Gasteiger partial charge is 0.261 e. The van der Waals surface area contributed by atoms with Crippen molar-refractivity contribution in [2.75, 3.05) is 20.8 Å². The third-order valence-corrected chi connectivity index (χ3v) is 4.81. The van der Waals surface area contributed by atoms with E-state index in [1.165, 1.54) is 0 Å². The van der Waals surface area contributed by atoms with E-state index in [0.29, 0.717) is 36.6 Å². The number of hydrogen-bond donors (Lipinski definition) is 0. The number of carbonyl (C=O) groups is 1. The Kier molecular flexibility index (Phi) is 6.38. The maximum atomic E-state index is 13.4. The highest BCUT2D eigenvalue weighted by molar-refractivity contribution is 7.07. The van der Waals surface area contributed by atoms with E-state index in [9.17, 15) is 4.79 Å². The van der Waals surface area contributed by atoms with Crippen LogP contribution in [0.2, 0.25) is 0 Å². The number of amides is 1. The van der Waals surface area contributed by atoms with Gasteiger partial charge in [-0.15, -0.1) is 11.3 Å². The van der Waals surface area contributed by atoms with Crippen LogP contribution >= 0.6 is 11.3 Å². The summed E-state index contributed by atoms with van der Waals surface area (Å²) in [4.78, 5) is 23.5. The number of benzene rings is 1. The van der Waals surface area contributed by atoms with E-state index in [1.54, 1.807) is 66.6 Å². The van der Waals surface area contributed by atoms with Crippen molar-refractivity contribution in [3.05, 3.63) is 70.4 Å². The fourth-order valence-corrected chi connectivity index (χ4v) is 3.38. The van der Waals surface area contributed by atoms with Gasteiger partial charge in [-0.1, -0.05) is 6.07 Å². The SMILES string of the molecule is COc1cccc(OC)c1C(=O)N(CCc1cscn1)Cc1ccncc1. The lowest BCUT2D eigenvalue weighted by atomic mass is 10.1. The molecule has 1 amide bonds. The first-order valence-electron chi connectivity index (χ1n) is 8.49. The van der Waals surface area contributed by atoms with Crippen LogP contribution in [0.3, 0.4) is 0 Å². The third-order valence-electron chi connectivity index (χ3n) is 4.17. The first-order valence-corrected chi connectivity index (χ1v) is 9.43. The van der Waals surface area contributed by atoms with Gasteiger partial charge in [0.05, 0.1) is 25.4 Å². The van der Waals surface area contributed by atoms with Gasteiger partial charge in [-0.25, -0.2) is 4.98 Å². The van der Waals surface area contributed by atoms with Crippen molar-refractivity contribution >= 4 is 17.2 Å². The van der Waals surface area contributed by atoms with Crippen LogP contribution < -0.4 is 9.47 Å². The summed E-state index contributed by atoms with van der Waals surface area (Å²) in [5.74, 6) is 0.844. The van der Waals surface area contributed by atoms with Crippen LogP contribution in [0.1, 0.15) is 21.6 Å². The molecule has 0 aliphatic rings. The minimum Gasteiger partial charge on any atom is -0.496 e. The number of hydrogen-bond acceptors (Lipinski definition) is 6. The highest BCUT2D eigenvalue weighted by Crippen LogP contribution is 2.30. The van der Waals surface area contributed by atoms with E-state index in [4.69, 9.17) is 9.47 Å². The first kappa shape index (κ1) is 18.8. The third kappa shape index (κ3) is 4.62. The predicted octanol–water partition coefficient (Wildman–Crippen LogP) is 3.44. The molecule has 0 N–H and O–H groups in total. The Labute approximate surface area is 162 Å². The van der Waals surface area contributed by atoms with Crippen molar-refractivity contribution in [2.24, 2.45) is 0 Å². The Morgan fingerprint density at radius 3 is 2.41 bits per heavy atom. The van der Waals surface area contributed by atoms with Crippen molar-refractivity contribution in [1.82, 2.24) is 14.9 Å². The molecular formula is C20H21N3O3S. The van der Waals surface area contributed by atoms with Gasteiger partial charge in [0.15, 0.2) is 0 Å². The number of carbonyl (C=O) groups excluding carboxylic acids is 1. The molecular weight excluding hydrogens is 362 g/mol. The lowest BCUT2D eigenvalue weighted by Crippen LogP contribution is -2.33. The van der Waals surface area contributed by atoms with E-state index in [1.807, 2.05) is 17.5 Å². The summed E-state index contributed by atoms with van der Waals surface area (Å²) in [5.41, 5.74) is 4.20. The van der Waals surface area contributed by atoms with Crippen LogP contribution in [0.25, 0.3) is 0 Å². The molecule has 27 heavy (non-hydrogen) atoms. The molecule has 0 aliphatic carbocycles. The van der Waals surface area contributed by atoms with Gasteiger partial charge in [0.25, 0.3) is 5.91 Å². The standard InChI is InChI=1S/C20H21N3O3S/c1-25-17-4-3-5-18(26-2)19(17)20(24)23(11-8-16-13-27-14-22-16)12-15-6-9-21-10-7-15/h3-7,9-10,13-14H,8,11-12H2,1-2H3. The van der Waals surface area contributed by atoms with Gasteiger partial charge < -0.3 is 14.4 Å². The average molecular weight is 383 g/mol. The van der Waals surface area contributed by atoms with Gasteiger partial charge in [0, 0.05) is 37.3 Å². The number of pyridine rings is 1. The second-order valence-corrected chi connectivity index (χ2v) is 6.57. The highest BCUT2D eigenvalue weighted by atomic mass is 32.1. The summed E-state index contributed by atoms with van der Waals surface area (Å²) in [6, 6.07) is 9.14. The fourth-order valence-electron chi connectivity index (χ4n) is 2.79. The Morgan fingerprint density at radius 1 is 1.11 bits per heavy atom. The number of nitrogens with zero attached hydrogens (tertiary/aromatic N) is 3. The normalized spacial score (nSPS) is 10.4. The van der Waals surface area contributed by atoms with Crippen LogP contribution in [-0.4, -0.2) is 41.5 Å². The van der Waals surface area contributed by atoms with Crippen LogP contribution in [-0.2, 0) is 13.0 Å². The molecule has 0 saturated heterocycles. The van der Waals surface area contributed by atoms with Gasteiger partial charge >= 0.3 is 0 Å². The molecule has 7 heteroatoms. The van der Waals surface area contributed by atoms with Crippen molar-refractivity contribution in [2.45, 2.75) is 13.0 Å². The van der Waals surface area contributed by atoms with Crippen molar-refractivity contribution in [3.63, 3.8) is 0 Å². The summed E-state index contributed by atoms with van der Waals surface area (Å²) in [6.45, 7) is 0.999. The zero-order valence-electron chi connectivity index (χ0n) is 15.3. The second kappa shape index (κ2) is 9.14. The maximum Gasteiger partial charge on any atom is 0.261 e. The van der Waals surface area contributed by atoms with Gasteiger partial charge in [-0.2, -0.15) is 0 Å². The minimum absolute atomic E-state index is 0.142. The Balaban J connectivity index is 1.90. The van der Waals surface area contributed by atoms with Crippen LogP contribution in [0.4, 0.5) is 0 Å². The molecule has 3 rings (SSSR count). The van der Waals surface area contributed by atoms with Crippen LogP contribution in [0.15, 0.2) is 53.6 Å². The van der Waals surface area contributed by atoms with Gasteiger partial charge in [0.2, 0.25) is 0 Å². The monoisotopic (exact) mass is 383 g/mol. The number of thiazole rings is 1. The van der Waals surface area contributed by atoms with E-state index in [0.717, 1.165) is 11.3 Å². The predicted molar refractivity (Wildman–Crippen MR) is 104 cm³/mol. The zero-order chi connectivity index (χ0) is 19.1. The average Bonchev–Trinajstić information content (AvgIpc) is 3.24. The number of ether oxygens (including phenoxy) is 2. The summed E-state index contributed by atoms with van der Waals surface area (Å²) in [5, 5.41) is 2.00. The number of rotatable bonds is 8. The molecule has 2 aromatic heterocycles. The molecule has 0 saturated carbocycles. The molecule has 0 spiro atoms. The zero-order valence-corrected chi connectivity index (χ0v) is 16.1. The summed E-state index contributed by atoms with van der Waals surface area (Å²) in [7, 11) is 3.10. The molecule has 0 radical (unpaired) electrons. The summed E-state index contributed by atoms with van der Waals surface area (Å²) < 4.78 is 10.8. The fraction of sp³-hybridized carbons (Fsp3) is 0.250. The largest absolute Gasteiger partial charge is 0.496 e. The van der Waals surface area contributed by atoms with Gasteiger partial charge in [-0.3, -0.25) is 9.78 Å². The van der Waals surface area contributed by atoms with E-state index in [-0.39, 0.29) is 5.91 Å². The highest BCUT2D eigenvalue weighted by Gasteiger charge is 2.24. The van der Waals surface area contributed by atoms with Crippen molar-refractivity contribution < 1.29 is 14.3 Å². The number of aromatic nitrogens is 2. The molecule has 1 aromatic carbocycles. The summed E-state index contributed by atoms with van der Waals surface area (Å²) >= 11 is 1.55. The topological polar surface area (TPSA) is 64.6 Å². The Morgan fingerprint density at radius 2 is 1.81 bits per heavy atom. The molecule has 2 heterocycles. The van der Waals surface area contributed by atoms with Crippen molar-refractivity contribution in [3.8, 4) is 11.5 Å². The lowest BCUT2D eigenvalue weighted by Gasteiger charge is -2.24. The molecule has 3 aromatic rings. The van der Waals surface area contributed by atoms with Crippen LogP contribution in [0.5, 0.6) is 11.5 Å². The van der Waals surface area contributed by atoms with Gasteiger partial charge in [-0.05, 0) is 29.8 Å². The molecule has 6 nitrogen and oxygen atoms in total. The van der Waals surface area contributed by atoms with E-state index in [2.05, 4.69) is 9.97 Å². The molecule has 0 aliphatic heterocycles. The van der Waals surface area contributed by atoms with E-state index < -0.39 is 0 Å². The Bertz CT molecular complexity index is 847. The van der Waals surface area contributed by atoms with E-state index >= 15 is 0 Å². The van der Waals surface area contributed by atoms with Gasteiger partial charge in [0.1, 0.15) is 17.1 Å². The molecule has 0 unspecified atom stereocenters. The molecule has 0 bridgehead atoms. The second-order valence-electron chi connectivity index (χ2n) is 5.85. The summed E-state index contributed by atoms with van der Waals surface area (Å²) in [6.07, 6.45) is 4.13. The first-order chi connectivity index (χ1) is 13.2. The molecule has 140 valence electrons. The molecule has 0 fully saturated rings. The minimum atomic E-state index is -0.142. The quantitative estimate of drug-likeness (QED) is 0.596.